The number of halogens is 1. The van der Waals surface area contributed by atoms with Gasteiger partial charge in [0.05, 0.1) is 10.6 Å². The molecule has 0 saturated heterocycles. The van der Waals surface area contributed by atoms with Crippen molar-refractivity contribution in [3.8, 4) is 16.9 Å². The molecule has 2 amide bonds. The van der Waals surface area contributed by atoms with Gasteiger partial charge in [0.25, 0.3) is 0 Å². The van der Waals surface area contributed by atoms with Crippen LogP contribution >= 0.6 is 0 Å². The Kier molecular flexibility index (Phi) is 6.50. The van der Waals surface area contributed by atoms with Crippen molar-refractivity contribution < 1.29 is 17.6 Å². The minimum Gasteiger partial charge on any atom is -0.351 e. The van der Waals surface area contributed by atoms with Gasteiger partial charge in [-0.25, -0.2) is 17.6 Å². The number of carbonyl (C=O) groups is 1. The fourth-order valence-electron chi connectivity index (χ4n) is 3.60. The molecular formula is C23H26FN3O3S. The van der Waals surface area contributed by atoms with E-state index in [4.69, 9.17) is 5.73 Å². The Balaban J connectivity index is 2.08. The number of nitrogens with zero attached hydrogens (tertiary/aromatic N) is 2. The molecule has 0 bridgehead atoms. The smallest absolute Gasteiger partial charge is 0.314 e. The summed E-state index contributed by atoms with van der Waals surface area (Å²) >= 11 is 0. The second-order valence-electron chi connectivity index (χ2n) is 7.42. The third-order valence-electron chi connectivity index (χ3n) is 5.36. The summed E-state index contributed by atoms with van der Waals surface area (Å²) in [5.41, 5.74) is 9.86. The Hall–Kier alpha value is -3.13. The van der Waals surface area contributed by atoms with Crippen LogP contribution < -0.4 is 5.73 Å². The lowest BCUT2D eigenvalue weighted by molar-refractivity contribution is 0.211. The highest BCUT2D eigenvalue weighted by molar-refractivity contribution is 7.90. The predicted octanol–water partition coefficient (Wildman–Crippen LogP) is 3.94. The molecule has 3 rings (SSSR count). The summed E-state index contributed by atoms with van der Waals surface area (Å²) in [7, 11) is -3.30. The lowest BCUT2D eigenvalue weighted by Gasteiger charge is -2.18. The highest BCUT2D eigenvalue weighted by atomic mass is 32.2. The quantitative estimate of drug-likeness (QED) is 0.600. The normalized spacial score (nSPS) is 11.5. The Morgan fingerprint density at radius 2 is 1.71 bits per heavy atom. The number of carbonyl (C=O) groups excluding carboxylic acids is 1. The summed E-state index contributed by atoms with van der Waals surface area (Å²) in [5.74, 6) is -0.326. The van der Waals surface area contributed by atoms with Gasteiger partial charge >= 0.3 is 6.03 Å². The van der Waals surface area contributed by atoms with Crippen LogP contribution in [0.25, 0.3) is 16.9 Å². The van der Waals surface area contributed by atoms with Crippen LogP contribution in [0.1, 0.15) is 18.2 Å². The molecule has 0 radical (unpaired) electrons. The largest absolute Gasteiger partial charge is 0.351 e. The van der Waals surface area contributed by atoms with E-state index >= 15 is 0 Å². The van der Waals surface area contributed by atoms with E-state index < -0.39 is 15.9 Å². The molecule has 0 unspecified atom stereocenters. The second kappa shape index (κ2) is 8.93. The summed E-state index contributed by atoms with van der Waals surface area (Å²) in [5, 5.41) is 0. The molecule has 1 aromatic heterocycles. The molecule has 0 aliphatic rings. The first kappa shape index (κ1) is 22.6. The van der Waals surface area contributed by atoms with Crippen molar-refractivity contribution in [2.75, 3.05) is 19.3 Å². The lowest BCUT2D eigenvalue weighted by Crippen LogP contribution is -2.37. The Morgan fingerprint density at radius 1 is 1.10 bits per heavy atom. The summed E-state index contributed by atoms with van der Waals surface area (Å²) < 4.78 is 39.1. The number of primary amides is 1. The minimum absolute atomic E-state index is 0.244. The van der Waals surface area contributed by atoms with Crippen LogP contribution in [0.3, 0.4) is 0 Å². The maximum atomic E-state index is 13.5. The van der Waals surface area contributed by atoms with Gasteiger partial charge in [-0.15, -0.1) is 0 Å². The van der Waals surface area contributed by atoms with Gasteiger partial charge in [0.1, 0.15) is 5.82 Å². The molecule has 3 aromatic rings. The molecule has 2 N–H and O–H groups in total. The zero-order chi connectivity index (χ0) is 22.8. The highest BCUT2D eigenvalue weighted by Crippen LogP contribution is 2.31. The molecule has 2 aromatic carbocycles. The third-order valence-corrected chi connectivity index (χ3v) is 6.49. The van der Waals surface area contributed by atoms with E-state index in [9.17, 15) is 17.6 Å². The van der Waals surface area contributed by atoms with Crippen LogP contribution in [-0.2, 0) is 16.3 Å². The van der Waals surface area contributed by atoms with E-state index in [1.165, 1.54) is 18.4 Å². The molecule has 0 aliphatic heterocycles. The summed E-state index contributed by atoms with van der Waals surface area (Å²) in [4.78, 5) is 13.4. The number of nitrogens with two attached hydrogens (primary N) is 1. The van der Waals surface area contributed by atoms with Gasteiger partial charge in [-0.05, 0) is 73.9 Å². The van der Waals surface area contributed by atoms with E-state index in [0.717, 1.165) is 28.2 Å². The van der Waals surface area contributed by atoms with Crippen LogP contribution in [0.4, 0.5) is 9.18 Å². The highest BCUT2D eigenvalue weighted by Gasteiger charge is 2.17. The fourth-order valence-corrected chi connectivity index (χ4v) is 4.23. The number of rotatable bonds is 7. The van der Waals surface area contributed by atoms with Gasteiger partial charge in [-0.1, -0.05) is 12.1 Å². The van der Waals surface area contributed by atoms with Crippen molar-refractivity contribution in [3.05, 3.63) is 71.7 Å². The van der Waals surface area contributed by atoms with Crippen molar-refractivity contribution in [2.24, 2.45) is 5.73 Å². The molecule has 0 spiro atoms. The second-order valence-corrected chi connectivity index (χ2v) is 9.43. The third kappa shape index (κ3) is 4.96. The van der Waals surface area contributed by atoms with Crippen LogP contribution in [0.5, 0.6) is 0 Å². The molecule has 0 fully saturated rings. The zero-order valence-corrected chi connectivity index (χ0v) is 18.6. The molecule has 164 valence electrons. The number of likely N-dealkylation sites (N-methyl/N-ethyl adjacent to an activating group) is 1. The number of aromatic nitrogens is 1. The first-order chi connectivity index (χ1) is 14.6. The van der Waals surface area contributed by atoms with Crippen LogP contribution in [0.15, 0.2) is 59.5 Å². The van der Waals surface area contributed by atoms with Crippen molar-refractivity contribution >= 4 is 15.9 Å². The van der Waals surface area contributed by atoms with E-state index in [0.29, 0.717) is 19.5 Å². The predicted molar refractivity (Wildman–Crippen MR) is 120 cm³/mol. The summed E-state index contributed by atoms with van der Waals surface area (Å²) in [6, 6.07) is 14.4. The average Bonchev–Trinajstić information content (AvgIpc) is 3.05. The lowest BCUT2D eigenvalue weighted by atomic mass is 10.1. The summed E-state index contributed by atoms with van der Waals surface area (Å²) in [6.45, 7) is 4.84. The number of benzene rings is 2. The number of urea groups is 1. The van der Waals surface area contributed by atoms with Crippen molar-refractivity contribution in [1.82, 2.24) is 9.47 Å². The molecule has 6 nitrogen and oxygen atoms in total. The van der Waals surface area contributed by atoms with Gasteiger partial charge in [0.2, 0.25) is 0 Å². The Bertz CT molecular complexity index is 1180. The van der Waals surface area contributed by atoms with Gasteiger partial charge < -0.3 is 15.2 Å². The molecule has 8 heteroatoms. The molecule has 0 atom stereocenters. The van der Waals surface area contributed by atoms with E-state index in [2.05, 4.69) is 0 Å². The summed E-state index contributed by atoms with van der Waals surface area (Å²) in [6.07, 6.45) is 1.77. The average molecular weight is 444 g/mol. The molecule has 0 aliphatic carbocycles. The zero-order valence-electron chi connectivity index (χ0n) is 17.8. The maximum absolute atomic E-state index is 13.5. The van der Waals surface area contributed by atoms with Crippen molar-refractivity contribution in [3.63, 3.8) is 0 Å². The van der Waals surface area contributed by atoms with Gasteiger partial charge in [-0.3, -0.25) is 0 Å². The molecular weight excluding hydrogens is 417 g/mol. The van der Waals surface area contributed by atoms with E-state index in [1.807, 2.05) is 24.5 Å². The molecule has 0 saturated carbocycles. The van der Waals surface area contributed by atoms with Crippen LogP contribution in [0, 0.1) is 12.7 Å². The van der Waals surface area contributed by atoms with Crippen LogP contribution in [-0.4, -0.2) is 43.3 Å². The van der Waals surface area contributed by atoms with Crippen molar-refractivity contribution in [1.29, 1.82) is 0 Å². The number of amides is 2. The van der Waals surface area contributed by atoms with Crippen LogP contribution in [0.2, 0.25) is 0 Å². The van der Waals surface area contributed by atoms with Crippen molar-refractivity contribution in [2.45, 2.75) is 25.2 Å². The monoisotopic (exact) mass is 443 g/mol. The Morgan fingerprint density at radius 3 is 2.23 bits per heavy atom. The van der Waals surface area contributed by atoms with Gasteiger partial charge in [0, 0.05) is 30.7 Å². The first-order valence-corrected chi connectivity index (χ1v) is 11.8. The molecule has 31 heavy (non-hydrogen) atoms. The SMILES string of the molecule is CCN(CCc1cc(-c2ccc(S(C)(=O)=O)cc2)n(-c2ccc(F)cc2)c1C)C(N)=O. The topological polar surface area (TPSA) is 85.4 Å². The molecule has 1 heterocycles. The number of sulfone groups is 1. The number of hydrogen-bond donors (Lipinski definition) is 1. The fraction of sp³-hybridized carbons (Fsp3) is 0.261. The maximum Gasteiger partial charge on any atom is 0.314 e. The van der Waals surface area contributed by atoms with Gasteiger partial charge in [0.15, 0.2) is 9.84 Å². The van der Waals surface area contributed by atoms with E-state index in [-0.39, 0.29) is 10.7 Å². The van der Waals surface area contributed by atoms with E-state index in [1.54, 1.807) is 41.3 Å². The standard InChI is InChI=1S/C23H26FN3O3S/c1-4-26(23(25)28)14-13-18-15-22(17-5-11-21(12-6-17)31(3,29)30)27(16(18)2)20-9-7-19(24)8-10-20/h5-12,15H,4,13-14H2,1-3H3,(H2,25,28). The Labute approximate surface area is 182 Å². The number of hydrogen-bond acceptors (Lipinski definition) is 3. The first-order valence-electron chi connectivity index (χ1n) is 9.94. The minimum atomic E-state index is -3.30. The van der Waals surface area contributed by atoms with Gasteiger partial charge in [-0.2, -0.15) is 0 Å².